The zero-order valence-electron chi connectivity index (χ0n) is 14.6. The Morgan fingerprint density at radius 3 is 2.40 bits per heavy atom. The van der Waals surface area contributed by atoms with E-state index in [0.717, 1.165) is 28.5 Å². The number of aryl methyl sites for hydroxylation is 1. The SMILES string of the molecule is Cc1cc(Cl)ccc1C1=CC(C)(C)Oc2cc(NS(C)(=O)=O)ccc21. The van der Waals surface area contributed by atoms with Crippen molar-refractivity contribution < 1.29 is 13.2 Å². The molecule has 4 nitrogen and oxygen atoms in total. The van der Waals surface area contributed by atoms with Gasteiger partial charge in [0.25, 0.3) is 0 Å². The molecule has 0 aliphatic carbocycles. The fourth-order valence-electron chi connectivity index (χ4n) is 3.00. The van der Waals surface area contributed by atoms with Gasteiger partial charge in [-0.2, -0.15) is 0 Å². The second kappa shape index (κ2) is 6.07. The first kappa shape index (κ1) is 17.8. The maximum atomic E-state index is 11.5. The van der Waals surface area contributed by atoms with Gasteiger partial charge in [0.05, 0.1) is 11.9 Å². The standard InChI is InChI=1S/C19H20ClNO3S/c1-12-9-13(20)5-7-15(12)17-11-19(2,3)24-18-10-14(6-8-16(17)18)21-25(4,22)23/h5-11,21H,1-4H3. The highest BCUT2D eigenvalue weighted by Gasteiger charge is 2.28. The molecule has 25 heavy (non-hydrogen) atoms. The molecule has 0 saturated heterocycles. The van der Waals surface area contributed by atoms with E-state index in [4.69, 9.17) is 16.3 Å². The van der Waals surface area contributed by atoms with Crippen LogP contribution in [-0.4, -0.2) is 20.3 Å². The number of sulfonamides is 1. The molecule has 0 bridgehead atoms. The molecule has 1 aliphatic rings. The van der Waals surface area contributed by atoms with Crippen molar-refractivity contribution in [1.29, 1.82) is 0 Å². The fourth-order valence-corrected chi connectivity index (χ4v) is 3.78. The first-order chi connectivity index (χ1) is 11.5. The number of anilines is 1. The molecule has 6 heteroatoms. The van der Waals surface area contributed by atoms with Crippen molar-refractivity contribution in [3.63, 3.8) is 0 Å². The topological polar surface area (TPSA) is 55.4 Å². The smallest absolute Gasteiger partial charge is 0.229 e. The zero-order valence-corrected chi connectivity index (χ0v) is 16.1. The third-order valence-electron chi connectivity index (χ3n) is 3.92. The van der Waals surface area contributed by atoms with E-state index in [1.54, 1.807) is 12.1 Å². The molecule has 0 saturated carbocycles. The highest BCUT2D eigenvalue weighted by Crippen LogP contribution is 2.41. The van der Waals surface area contributed by atoms with E-state index in [1.165, 1.54) is 0 Å². The Morgan fingerprint density at radius 2 is 1.76 bits per heavy atom. The summed E-state index contributed by atoms with van der Waals surface area (Å²) < 4.78 is 31.5. The Hall–Kier alpha value is -1.98. The van der Waals surface area contributed by atoms with E-state index >= 15 is 0 Å². The molecule has 132 valence electrons. The molecule has 1 heterocycles. The monoisotopic (exact) mass is 377 g/mol. The number of nitrogens with one attached hydrogen (secondary N) is 1. The van der Waals surface area contributed by atoms with Gasteiger partial charge in [-0.1, -0.05) is 17.7 Å². The van der Waals surface area contributed by atoms with Gasteiger partial charge in [-0.25, -0.2) is 8.42 Å². The normalized spacial score (nSPS) is 15.8. The van der Waals surface area contributed by atoms with E-state index < -0.39 is 15.6 Å². The van der Waals surface area contributed by atoms with Gasteiger partial charge in [0, 0.05) is 16.7 Å². The van der Waals surface area contributed by atoms with E-state index in [9.17, 15) is 8.42 Å². The maximum Gasteiger partial charge on any atom is 0.229 e. The molecule has 0 unspecified atom stereocenters. The molecule has 2 aromatic carbocycles. The molecule has 0 fully saturated rings. The third-order valence-corrected chi connectivity index (χ3v) is 4.76. The van der Waals surface area contributed by atoms with Gasteiger partial charge in [0.1, 0.15) is 11.4 Å². The maximum absolute atomic E-state index is 11.5. The number of ether oxygens (including phenoxy) is 1. The third kappa shape index (κ3) is 3.99. The molecule has 1 aliphatic heterocycles. The Labute approximate surface area is 153 Å². The summed E-state index contributed by atoms with van der Waals surface area (Å²) >= 11 is 6.09. The molecule has 0 aromatic heterocycles. The minimum absolute atomic E-state index is 0.478. The average molecular weight is 378 g/mol. The van der Waals surface area contributed by atoms with Crippen molar-refractivity contribution in [3.05, 3.63) is 64.2 Å². The lowest BCUT2D eigenvalue weighted by Crippen LogP contribution is -2.29. The molecule has 0 radical (unpaired) electrons. The van der Waals surface area contributed by atoms with Gasteiger partial charge in [-0.05, 0) is 67.8 Å². The molecular formula is C19H20ClNO3S. The number of hydrogen-bond donors (Lipinski definition) is 1. The lowest BCUT2D eigenvalue weighted by Gasteiger charge is -2.32. The summed E-state index contributed by atoms with van der Waals surface area (Å²) in [6.07, 6.45) is 3.20. The first-order valence-corrected chi connectivity index (χ1v) is 10.1. The molecule has 0 spiro atoms. The van der Waals surface area contributed by atoms with Crippen molar-refractivity contribution in [2.45, 2.75) is 26.4 Å². The van der Waals surface area contributed by atoms with Crippen LogP contribution in [0.5, 0.6) is 5.75 Å². The lowest BCUT2D eigenvalue weighted by molar-refractivity contribution is 0.158. The summed E-state index contributed by atoms with van der Waals surface area (Å²) in [5, 5.41) is 0.695. The van der Waals surface area contributed by atoms with Crippen LogP contribution in [0.1, 0.15) is 30.5 Å². The first-order valence-electron chi connectivity index (χ1n) is 7.85. The van der Waals surface area contributed by atoms with Crippen molar-refractivity contribution in [3.8, 4) is 5.75 Å². The van der Waals surface area contributed by atoms with Gasteiger partial charge in [0.2, 0.25) is 10.0 Å². The number of hydrogen-bond acceptors (Lipinski definition) is 3. The van der Waals surface area contributed by atoms with Crippen molar-refractivity contribution >= 4 is 32.9 Å². The van der Waals surface area contributed by atoms with Crippen molar-refractivity contribution in [2.75, 3.05) is 11.0 Å². The molecular weight excluding hydrogens is 358 g/mol. The van der Waals surface area contributed by atoms with Crippen LogP contribution in [0.15, 0.2) is 42.5 Å². The molecule has 2 aromatic rings. The Morgan fingerprint density at radius 1 is 1.08 bits per heavy atom. The Bertz CT molecular complexity index is 978. The molecule has 1 N–H and O–H groups in total. The second-order valence-electron chi connectivity index (χ2n) is 6.81. The predicted molar refractivity (Wildman–Crippen MR) is 103 cm³/mol. The van der Waals surface area contributed by atoms with Crippen LogP contribution in [0.25, 0.3) is 5.57 Å². The van der Waals surface area contributed by atoms with Gasteiger partial charge < -0.3 is 4.74 Å². The summed E-state index contributed by atoms with van der Waals surface area (Å²) in [4.78, 5) is 0. The molecule has 3 rings (SSSR count). The number of fused-ring (bicyclic) bond motifs is 1. The Kier molecular flexibility index (Phi) is 4.33. The number of benzene rings is 2. The molecule has 0 amide bonds. The van der Waals surface area contributed by atoms with Crippen LogP contribution in [0.4, 0.5) is 5.69 Å². The van der Waals surface area contributed by atoms with Gasteiger partial charge in [-0.3, -0.25) is 4.72 Å². The van der Waals surface area contributed by atoms with Crippen LogP contribution in [-0.2, 0) is 10.0 Å². The minimum Gasteiger partial charge on any atom is -0.483 e. The Balaban J connectivity index is 2.14. The van der Waals surface area contributed by atoms with Gasteiger partial charge >= 0.3 is 0 Å². The average Bonchev–Trinajstić information content (AvgIpc) is 2.43. The van der Waals surface area contributed by atoms with Gasteiger partial charge in [0.15, 0.2) is 0 Å². The van der Waals surface area contributed by atoms with Crippen LogP contribution >= 0.6 is 11.6 Å². The van der Waals surface area contributed by atoms with Crippen molar-refractivity contribution in [2.24, 2.45) is 0 Å². The summed E-state index contributed by atoms with van der Waals surface area (Å²) in [6.45, 7) is 5.96. The largest absolute Gasteiger partial charge is 0.483 e. The van der Waals surface area contributed by atoms with Crippen LogP contribution in [0.3, 0.4) is 0 Å². The van der Waals surface area contributed by atoms with E-state index in [-0.39, 0.29) is 0 Å². The van der Waals surface area contributed by atoms with Crippen LogP contribution in [0, 0.1) is 6.92 Å². The summed E-state index contributed by atoms with van der Waals surface area (Å²) in [5.41, 5.74) is 4.07. The summed E-state index contributed by atoms with van der Waals surface area (Å²) in [5.74, 6) is 0.644. The highest BCUT2D eigenvalue weighted by atomic mass is 35.5. The highest BCUT2D eigenvalue weighted by molar-refractivity contribution is 7.92. The second-order valence-corrected chi connectivity index (χ2v) is 8.99. The van der Waals surface area contributed by atoms with E-state index in [0.29, 0.717) is 16.5 Å². The quantitative estimate of drug-likeness (QED) is 0.848. The fraction of sp³-hybridized carbons (Fsp3) is 0.263. The summed E-state index contributed by atoms with van der Waals surface area (Å²) in [6, 6.07) is 11.1. The van der Waals surface area contributed by atoms with E-state index in [2.05, 4.69) is 10.8 Å². The predicted octanol–water partition coefficient (Wildman–Crippen LogP) is 4.62. The van der Waals surface area contributed by atoms with Crippen molar-refractivity contribution in [1.82, 2.24) is 0 Å². The zero-order chi connectivity index (χ0) is 18.4. The summed E-state index contributed by atoms with van der Waals surface area (Å²) in [7, 11) is -3.34. The lowest BCUT2D eigenvalue weighted by atomic mass is 9.88. The van der Waals surface area contributed by atoms with Gasteiger partial charge in [-0.15, -0.1) is 0 Å². The minimum atomic E-state index is -3.34. The van der Waals surface area contributed by atoms with E-state index in [1.807, 2.05) is 45.0 Å². The van der Waals surface area contributed by atoms with Crippen LogP contribution < -0.4 is 9.46 Å². The van der Waals surface area contributed by atoms with Crippen LogP contribution in [0.2, 0.25) is 5.02 Å². The molecule has 0 atom stereocenters. The number of rotatable bonds is 3. The number of halogens is 1.